The zero-order valence-electron chi connectivity index (χ0n) is 11.7. The van der Waals surface area contributed by atoms with Crippen molar-refractivity contribution in [3.8, 4) is 0 Å². The molecule has 0 fully saturated rings. The van der Waals surface area contributed by atoms with E-state index in [2.05, 4.69) is 0 Å². The van der Waals surface area contributed by atoms with Crippen molar-refractivity contribution in [2.45, 2.75) is 18.1 Å². The van der Waals surface area contributed by atoms with Crippen LogP contribution in [0.15, 0.2) is 54.6 Å². The minimum absolute atomic E-state index is 0.193. The van der Waals surface area contributed by atoms with Gasteiger partial charge in [0.25, 0.3) is 0 Å². The molecule has 3 aromatic rings. The lowest BCUT2D eigenvalue weighted by Gasteiger charge is -2.28. The van der Waals surface area contributed by atoms with Gasteiger partial charge in [-0.1, -0.05) is 48.5 Å². The lowest BCUT2D eigenvalue weighted by molar-refractivity contribution is -0.290. The van der Waals surface area contributed by atoms with Crippen LogP contribution in [-0.2, 0) is 0 Å². The van der Waals surface area contributed by atoms with E-state index in [1.165, 1.54) is 12.1 Å². The third-order valence-electron chi connectivity index (χ3n) is 3.89. The molecule has 0 heterocycles. The van der Waals surface area contributed by atoms with E-state index in [0.717, 1.165) is 0 Å². The Bertz CT molecular complexity index is 816. The van der Waals surface area contributed by atoms with Gasteiger partial charge in [-0.05, 0) is 33.2 Å². The molecule has 0 amide bonds. The van der Waals surface area contributed by atoms with Gasteiger partial charge in [0.15, 0.2) is 0 Å². The van der Waals surface area contributed by atoms with Gasteiger partial charge in [0, 0.05) is 0 Å². The Morgan fingerprint density at radius 2 is 1.17 bits per heavy atom. The minimum Gasteiger partial charge on any atom is -0.319 e. The summed E-state index contributed by atoms with van der Waals surface area (Å²) >= 11 is 0. The highest BCUT2D eigenvalue weighted by atomic mass is 19.4. The number of hydrogen-bond acceptors (Lipinski definition) is 1. The van der Waals surface area contributed by atoms with E-state index < -0.39 is 18.1 Å². The fourth-order valence-electron chi connectivity index (χ4n) is 2.74. The van der Waals surface area contributed by atoms with E-state index in [-0.39, 0.29) is 5.56 Å². The summed E-state index contributed by atoms with van der Waals surface area (Å²) in [5.74, 6) is -5.03. The van der Waals surface area contributed by atoms with Gasteiger partial charge in [0.05, 0.1) is 0 Å². The molecule has 3 rings (SSSR count). The Balaban J connectivity index is 2.37. The fourth-order valence-corrected chi connectivity index (χ4v) is 2.74. The lowest BCUT2D eigenvalue weighted by atomic mass is 9.89. The number of fused-ring (bicyclic) bond motifs is 2. The molecule has 0 aliphatic rings. The van der Waals surface area contributed by atoms with Crippen LogP contribution in [0.25, 0.3) is 21.5 Å². The van der Waals surface area contributed by atoms with E-state index in [1.807, 2.05) is 0 Å². The van der Waals surface area contributed by atoms with Crippen LogP contribution in [0, 0.1) is 0 Å². The monoisotopic (exact) mass is 325 g/mol. The summed E-state index contributed by atoms with van der Waals surface area (Å²) in [4.78, 5) is 0. The third kappa shape index (κ3) is 2.43. The van der Waals surface area contributed by atoms with E-state index in [1.54, 1.807) is 42.5 Å². The Kier molecular flexibility index (Phi) is 3.52. The molecule has 0 spiro atoms. The summed E-state index contributed by atoms with van der Waals surface area (Å²) in [7, 11) is 0. The van der Waals surface area contributed by atoms with Gasteiger partial charge in [-0.2, -0.15) is 22.0 Å². The maximum atomic E-state index is 13.8. The standard InChI is InChI=1S/C17H12F5N/c18-16(19,17(20,21)22)15(23)14-12-7-3-1-5-10(12)9-11-6-2-4-8-13(11)14/h1-9,15H,23H2/t15-/m0/s1. The zero-order valence-corrected chi connectivity index (χ0v) is 11.7. The second-order valence-electron chi connectivity index (χ2n) is 5.33. The molecule has 0 bridgehead atoms. The fraction of sp³-hybridized carbons (Fsp3) is 0.176. The molecule has 2 N–H and O–H groups in total. The summed E-state index contributed by atoms with van der Waals surface area (Å²) in [5, 5.41) is 1.72. The Hall–Kier alpha value is -2.21. The first-order valence-corrected chi connectivity index (χ1v) is 6.84. The van der Waals surface area contributed by atoms with Gasteiger partial charge in [-0.3, -0.25) is 0 Å². The average Bonchev–Trinajstić information content (AvgIpc) is 2.50. The van der Waals surface area contributed by atoms with Crippen LogP contribution in [0.2, 0.25) is 0 Å². The van der Waals surface area contributed by atoms with Crippen LogP contribution in [-0.4, -0.2) is 12.1 Å². The third-order valence-corrected chi connectivity index (χ3v) is 3.89. The molecule has 0 aliphatic carbocycles. The van der Waals surface area contributed by atoms with Gasteiger partial charge in [0.2, 0.25) is 0 Å². The molecule has 1 atom stereocenters. The molecule has 3 aromatic carbocycles. The lowest BCUT2D eigenvalue weighted by Crippen LogP contribution is -2.46. The summed E-state index contributed by atoms with van der Waals surface area (Å²) in [5.41, 5.74) is 5.23. The van der Waals surface area contributed by atoms with Crippen LogP contribution in [0.4, 0.5) is 22.0 Å². The molecule has 0 saturated carbocycles. The number of benzene rings is 3. The smallest absolute Gasteiger partial charge is 0.319 e. The summed E-state index contributed by atoms with van der Waals surface area (Å²) < 4.78 is 65.9. The molecule has 1 nitrogen and oxygen atoms in total. The highest BCUT2D eigenvalue weighted by Crippen LogP contribution is 2.46. The van der Waals surface area contributed by atoms with Crippen LogP contribution in [0.3, 0.4) is 0 Å². The van der Waals surface area contributed by atoms with Crippen molar-refractivity contribution < 1.29 is 22.0 Å². The molecule has 0 saturated heterocycles. The average molecular weight is 325 g/mol. The number of hydrogen-bond donors (Lipinski definition) is 1. The first-order valence-electron chi connectivity index (χ1n) is 6.84. The van der Waals surface area contributed by atoms with Crippen molar-refractivity contribution in [2.24, 2.45) is 5.73 Å². The van der Waals surface area contributed by atoms with E-state index >= 15 is 0 Å². The van der Waals surface area contributed by atoms with Gasteiger partial charge in [-0.25, -0.2) is 0 Å². The quantitative estimate of drug-likeness (QED) is 0.509. The van der Waals surface area contributed by atoms with Crippen molar-refractivity contribution in [1.82, 2.24) is 0 Å². The first kappa shape index (κ1) is 15.7. The molecule has 0 unspecified atom stereocenters. The van der Waals surface area contributed by atoms with Crippen LogP contribution < -0.4 is 5.73 Å². The van der Waals surface area contributed by atoms with Gasteiger partial charge < -0.3 is 5.73 Å². The van der Waals surface area contributed by atoms with Crippen molar-refractivity contribution in [3.05, 3.63) is 60.2 Å². The van der Waals surface area contributed by atoms with Crippen molar-refractivity contribution >= 4 is 21.5 Å². The number of halogens is 5. The number of rotatable bonds is 2. The van der Waals surface area contributed by atoms with Crippen LogP contribution in [0.1, 0.15) is 11.6 Å². The SMILES string of the molecule is N[C@@H](c1c2ccccc2cc2ccccc12)C(F)(F)C(F)(F)F. The topological polar surface area (TPSA) is 26.0 Å². The van der Waals surface area contributed by atoms with E-state index in [0.29, 0.717) is 21.5 Å². The van der Waals surface area contributed by atoms with Crippen molar-refractivity contribution in [3.63, 3.8) is 0 Å². The maximum Gasteiger partial charge on any atom is 0.455 e. The maximum absolute atomic E-state index is 13.8. The van der Waals surface area contributed by atoms with E-state index in [9.17, 15) is 22.0 Å². The zero-order chi connectivity index (χ0) is 16.8. The predicted molar refractivity (Wildman–Crippen MR) is 79.4 cm³/mol. The van der Waals surface area contributed by atoms with Gasteiger partial charge in [-0.15, -0.1) is 0 Å². The molecule has 0 aromatic heterocycles. The van der Waals surface area contributed by atoms with Crippen LogP contribution in [0.5, 0.6) is 0 Å². The van der Waals surface area contributed by atoms with Crippen LogP contribution >= 0.6 is 0 Å². The summed E-state index contributed by atoms with van der Waals surface area (Å²) in [6.07, 6.45) is -5.72. The first-order chi connectivity index (χ1) is 10.7. The highest BCUT2D eigenvalue weighted by Gasteiger charge is 2.62. The molecule has 120 valence electrons. The summed E-state index contributed by atoms with van der Waals surface area (Å²) in [6.45, 7) is 0. The largest absolute Gasteiger partial charge is 0.455 e. The number of alkyl halides is 5. The number of nitrogens with two attached hydrogens (primary N) is 1. The second-order valence-corrected chi connectivity index (χ2v) is 5.33. The molecular weight excluding hydrogens is 313 g/mol. The Morgan fingerprint density at radius 1 is 0.739 bits per heavy atom. The van der Waals surface area contributed by atoms with Gasteiger partial charge >= 0.3 is 12.1 Å². The van der Waals surface area contributed by atoms with Crippen molar-refractivity contribution in [1.29, 1.82) is 0 Å². The molecule has 23 heavy (non-hydrogen) atoms. The van der Waals surface area contributed by atoms with E-state index in [4.69, 9.17) is 5.73 Å². The second kappa shape index (κ2) is 5.16. The van der Waals surface area contributed by atoms with Gasteiger partial charge in [0.1, 0.15) is 6.04 Å². The highest BCUT2D eigenvalue weighted by molar-refractivity contribution is 6.02. The minimum atomic E-state index is -5.72. The molecule has 0 aliphatic heterocycles. The van der Waals surface area contributed by atoms with Crippen molar-refractivity contribution in [2.75, 3.05) is 0 Å². The Morgan fingerprint density at radius 3 is 1.61 bits per heavy atom. The molecular formula is C17H12F5N. The Labute approximate surface area is 128 Å². The normalized spacial score (nSPS) is 14.3. The predicted octanol–water partition coefficient (Wildman–Crippen LogP) is 5.19. The molecule has 0 radical (unpaired) electrons. The molecule has 6 heteroatoms. The summed E-state index contributed by atoms with van der Waals surface area (Å²) in [6, 6.07) is 12.1.